The van der Waals surface area contributed by atoms with E-state index < -0.39 is 0 Å². The molecular weight excluding hydrogens is 272 g/mol. The number of nitrogens with zero attached hydrogens (tertiary/aromatic N) is 2. The Kier molecular flexibility index (Phi) is 5.64. The topological polar surface area (TPSA) is 66.9 Å². The third-order valence-electron chi connectivity index (χ3n) is 2.67. The largest absolute Gasteiger partial charge is 0.350 e. The predicted octanol–water partition coefficient (Wildman–Crippen LogP) is 1.93. The molecule has 0 aliphatic heterocycles. The van der Waals surface area contributed by atoms with Crippen molar-refractivity contribution in [3.63, 3.8) is 0 Å². The van der Waals surface area contributed by atoms with Crippen molar-refractivity contribution in [3.05, 3.63) is 35.6 Å². The lowest BCUT2D eigenvalue weighted by Crippen LogP contribution is -2.31. The summed E-state index contributed by atoms with van der Waals surface area (Å²) in [4.78, 5) is 20.8. The average molecular weight is 290 g/mol. The van der Waals surface area contributed by atoms with Crippen LogP contribution in [0.1, 0.15) is 23.0 Å². The summed E-state index contributed by atoms with van der Waals surface area (Å²) in [5.74, 6) is -0.0684. The summed E-state index contributed by atoms with van der Waals surface area (Å²) in [6, 6.07) is 3.77. The molecule has 20 heavy (non-hydrogen) atoms. The average Bonchev–Trinajstić information content (AvgIpc) is 2.98. The number of rotatable bonds is 7. The number of nitrogens with one attached hydrogen (secondary N) is 2. The molecule has 0 unspecified atom stereocenters. The van der Waals surface area contributed by atoms with Crippen molar-refractivity contribution in [1.82, 2.24) is 20.6 Å². The number of hydrogen-bond acceptors (Lipinski definition) is 5. The minimum absolute atomic E-state index is 0.0684. The van der Waals surface area contributed by atoms with Crippen LogP contribution >= 0.6 is 11.3 Å². The molecule has 2 aromatic rings. The highest BCUT2D eigenvalue weighted by Crippen LogP contribution is 2.24. The quantitative estimate of drug-likeness (QED) is 0.765. The van der Waals surface area contributed by atoms with E-state index in [1.165, 1.54) is 11.3 Å². The van der Waals surface area contributed by atoms with Crippen LogP contribution in [0.4, 0.5) is 0 Å². The molecule has 0 atom stereocenters. The molecule has 2 rings (SSSR count). The zero-order valence-corrected chi connectivity index (χ0v) is 12.2. The standard InChI is InChI=1S/C14H18N4OS/c1-2-5-15-8-9-17-13(19)12-10-18-14(20-12)11-3-6-16-7-4-11/h3-4,6-7,10,15H,2,5,8-9H2,1H3,(H,17,19). The number of thiazole rings is 1. The zero-order valence-electron chi connectivity index (χ0n) is 11.4. The third kappa shape index (κ3) is 4.11. The molecule has 0 fully saturated rings. The molecule has 0 aliphatic carbocycles. The molecule has 1 amide bonds. The highest BCUT2D eigenvalue weighted by molar-refractivity contribution is 7.16. The molecule has 0 aliphatic rings. The number of hydrogen-bond donors (Lipinski definition) is 2. The van der Waals surface area contributed by atoms with Gasteiger partial charge in [-0.25, -0.2) is 4.98 Å². The Hall–Kier alpha value is -1.79. The van der Waals surface area contributed by atoms with Crippen molar-refractivity contribution < 1.29 is 4.79 Å². The second-order valence-corrected chi connectivity index (χ2v) is 5.30. The molecule has 5 nitrogen and oxygen atoms in total. The van der Waals surface area contributed by atoms with Crippen LogP contribution in [0.2, 0.25) is 0 Å². The van der Waals surface area contributed by atoms with E-state index >= 15 is 0 Å². The fraction of sp³-hybridized carbons (Fsp3) is 0.357. The Balaban J connectivity index is 1.87. The van der Waals surface area contributed by atoms with Crippen molar-refractivity contribution in [1.29, 1.82) is 0 Å². The third-order valence-corrected chi connectivity index (χ3v) is 3.72. The monoisotopic (exact) mass is 290 g/mol. The molecule has 2 heterocycles. The number of carbonyl (C=O) groups excluding carboxylic acids is 1. The van der Waals surface area contributed by atoms with Crippen molar-refractivity contribution in [2.45, 2.75) is 13.3 Å². The normalized spacial score (nSPS) is 10.4. The number of pyridine rings is 1. The van der Waals surface area contributed by atoms with Crippen molar-refractivity contribution >= 4 is 17.2 Å². The molecular formula is C14H18N4OS. The lowest BCUT2D eigenvalue weighted by Gasteiger charge is -2.04. The minimum Gasteiger partial charge on any atom is -0.350 e. The van der Waals surface area contributed by atoms with Gasteiger partial charge in [0.1, 0.15) is 9.88 Å². The van der Waals surface area contributed by atoms with Crippen molar-refractivity contribution in [2.75, 3.05) is 19.6 Å². The van der Waals surface area contributed by atoms with E-state index in [-0.39, 0.29) is 5.91 Å². The summed E-state index contributed by atoms with van der Waals surface area (Å²) >= 11 is 1.39. The first-order valence-electron chi connectivity index (χ1n) is 6.66. The van der Waals surface area contributed by atoms with Crippen LogP contribution in [0.5, 0.6) is 0 Å². The van der Waals surface area contributed by atoms with Crippen LogP contribution in [-0.2, 0) is 0 Å². The van der Waals surface area contributed by atoms with Crippen LogP contribution < -0.4 is 10.6 Å². The van der Waals surface area contributed by atoms with Gasteiger partial charge in [-0.05, 0) is 25.1 Å². The second kappa shape index (κ2) is 7.72. The smallest absolute Gasteiger partial charge is 0.263 e. The molecule has 0 aromatic carbocycles. The van der Waals surface area contributed by atoms with Gasteiger partial charge in [0.25, 0.3) is 5.91 Å². The van der Waals surface area contributed by atoms with Gasteiger partial charge in [0, 0.05) is 31.0 Å². The van der Waals surface area contributed by atoms with Crippen LogP contribution in [0.25, 0.3) is 10.6 Å². The van der Waals surface area contributed by atoms with E-state index in [0.29, 0.717) is 11.4 Å². The molecule has 0 saturated heterocycles. The lowest BCUT2D eigenvalue weighted by molar-refractivity contribution is 0.0958. The van der Waals surface area contributed by atoms with Crippen molar-refractivity contribution in [3.8, 4) is 10.6 Å². The molecule has 0 spiro atoms. The molecule has 0 saturated carbocycles. The summed E-state index contributed by atoms with van der Waals surface area (Å²) in [6.45, 7) is 4.50. The molecule has 106 valence electrons. The Morgan fingerprint density at radius 1 is 1.25 bits per heavy atom. The van der Waals surface area contributed by atoms with Gasteiger partial charge in [-0.3, -0.25) is 9.78 Å². The fourth-order valence-corrected chi connectivity index (χ4v) is 2.50. The molecule has 2 N–H and O–H groups in total. The summed E-state index contributed by atoms with van der Waals surface area (Å²) in [5.41, 5.74) is 0.980. The van der Waals surface area contributed by atoms with Crippen LogP contribution in [0, 0.1) is 0 Å². The van der Waals surface area contributed by atoms with Gasteiger partial charge in [-0.15, -0.1) is 11.3 Å². The maximum Gasteiger partial charge on any atom is 0.263 e. The lowest BCUT2D eigenvalue weighted by atomic mass is 10.3. The zero-order chi connectivity index (χ0) is 14.2. The van der Waals surface area contributed by atoms with Gasteiger partial charge in [-0.2, -0.15) is 0 Å². The number of carbonyl (C=O) groups is 1. The Morgan fingerprint density at radius 3 is 2.80 bits per heavy atom. The summed E-state index contributed by atoms with van der Waals surface area (Å²) in [5, 5.41) is 6.95. The summed E-state index contributed by atoms with van der Waals surface area (Å²) in [6.07, 6.45) is 6.15. The number of amides is 1. The second-order valence-electron chi connectivity index (χ2n) is 4.27. The predicted molar refractivity (Wildman–Crippen MR) is 80.8 cm³/mol. The SMILES string of the molecule is CCCNCCNC(=O)c1cnc(-c2ccncc2)s1. The fourth-order valence-electron chi connectivity index (χ4n) is 1.66. The maximum atomic E-state index is 11.9. The van der Waals surface area contributed by atoms with Gasteiger partial charge in [0.05, 0.1) is 6.20 Å². The van der Waals surface area contributed by atoms with Crippen LogP contribution in [-0.4, -0.2) is 35.5 Å². The van der Waals surface area contributed by atoms with Gasteiger partial charge in [-0.1, -0.05) is 6.92 Å². The molecule has 2 aromatic heterocycles. The minimum atomic E-state index is -0.0684. The highest BCUT2D eigenvalue weighted by Gasteiger charge is 2.10. The van der Waals surface area contributed by atoms with Crippen LogP contribution in [0.15, 0.2) is 30.7 Å². The van der Waals surface area contributed by atoms with E-state index in [1.54, 1.807) is 18.6 Å². The maximum absolute atomic E-state index is 11.9. The first kappa shape index (κ1) is 14.6. The van der Waals surface area contributed by atoms with Gasteiger partial charge < -0.3 is 10.6 Å². The van der Waals surface area contributed by atoms with E-state index in [4.69, 9.17) is 0 Å². The van der Waals surface area contributed by atoms with Crippen molar-refractivity contribution in [2.24, 2.45) is 0 Å². The molecule has 6 heteroatoms. The van der Waals surface area contributed by atoms with Gasteiger partial charge in [0.15, 0.2) is 0 Å². The summed E-state index contributed by atoms with van der Waals surface area (Å²) < 4.78 is 0. The Labute approximate surface area is 122 Å². The van der Waals surface area contributed by atoms with E-state index in [9.17, 15) is 4.79 Å². The molecule has 0 bridgehead atoms. The van der Waals surface area contributed by atoms with E-state index in [1.807, 2.05) is 12.1 Å². The Bertz CT molecular complexity index is 541. The Morgan fingerprint density at radius 2 is 2.05 bits per heavy atom. The van der Waals surface area contributed by atoms with E-state index in [0.717, 1.165) is 30.1 Å². The van der Waals surface area contributed by atoms with Gasteiger partial charge >= 0.3 is 0 Å². The summed E-state index contributed by atoms with van der Waals surface area (Å²) in [7, 11) is 0. The first-order chi connectivity index (χ1) is 9.81. The van der Waals surface area contributed by atoms with Crippen LogP contribution in [0.3, 0.4) is 0 Å². The number of aromatic nitrogens is 2. The molecule has 0 radical (unpaired) electrons. The van der Waals surface area contributed by atoms with E-state index in [2.05, 4.69) is 27.5 Å². The van der Waals surface area contributed by atoms with Gasteiger partial charge in [0.2, 0.25) is 0 Å². The highest BCUT2D eigenvalue weighted by atomic mass is 32.1. The first-order valence-corrected chi connectivity index (χ1v) is 7.48.